The fourth-order valence-corrected chi connectivity index (χ4v) is 3.64. The highest BCUT2D eigenvalue weighted by Gasteiger charge is 2.19. The number of imidazole rings is 1. The smallest absolute Gasteiger partial charge is 0.306 e. The van der Waals surface area contributed by atoms with Gasteiger partial charge in [0, 0.05) is 19.0 Å². The van der Waals surface area contributed by atoms with Crippen molar-refractivity contribution < 1.29 is 19.1 Å². The number of aryl methyl sites for hydroxylation is 3. The Balaban J connectivity index is 1.75. The van der Waals surface area contributed by atoms with Crippen LogP contribution < -0.4 is 4.74 Å². The molecule has 0 aliphatic heterocycles. The zero-order valence-corrected chi connectivity index (χ0v) is 17.8. The lowest BCUT2D eigenvalue weighted by Crippen LogP contribution is -2.09. The molecule has 6 heteroatoms. The van der Waals surface area contributed by atoms with E-state index in [4.69, 9.17) is 9.47 Å². The van der Waals surface area contributed by atoms with Gasteiger partial charge in [0.05, 0.1) is 18.9 Å². The topological polar surface area (TPSA) is 69.9 Å². The second-order valence-electron chi connectivity index (χ2n) is 7.04. The molecule has 0 amide bonds. The van der Waals surface area contributed by atoms with Crippen LogP contribution in [0.25, 0.3) is 5.65 Å². The van der Waals surface area contributed by atoms with E-state index in [0.717, 1.165) is 11.1 Å². The number of ketones is 1. The first kappa shape index (κ1) is 21.6. The van der Waals surface area contributed by atoms with Gasteiger partial charge in [0.1, 0.15) is 5.69 Å². The average Bonchev–Trinajstić information content (AvgIpc) is 3.08. The molecule has 1 aromatic carbocycles. The number of pyridine rings is 1. The summed E-state index contributed by atoms with van der Waals surface area (Å²) in [7, 11) is 0. The van der Waals surface area contributed by atoms with Crippen molar-refractivity contribution in [3.8, 4) is 5.75 Å². The molecule has 30 heavy (non-hydrogen) atoms. The Morgan fingerprint density at radius 3 is 2.33 bits per heavy atom. The molecule has 0 aliphatic carbocycles. The van der Waals surface area contributed by atoms with Crippen LogP contribution in [0.3, 0.4) is 0 Å². The van der Waals surface area contributed by atoms with Crippen LogP contribution in [0.2, 0.25) is 0 Å². The van der Waals surface area contributed by atoms with Crippen LogP contribution in [-0.4, -0.2) is 34.4 Å². The van der Waals surface area contributed by atoms with E-state index in [2.05, 4.69) is 4.98 Å². The van der Waals surface area contributed by atoms with Gasteiger partial charge in [-0.05, 0) is 56.9 Å². The van der Waals surface area contributed by atoms with Crippen LogP contribution in [0, 0.1) is 6.92 Å². The number of Topliss-reactive ketones (excluding diaryl/α,β-unsaturated/α-hetero) is 1. The van der Waals surface area contributed by atoms with Crippen LogP contribution in [0.1, 0.15) is 54.0 Å². The van der Waals surface area contributed by atoms with Gasteiger partial charge in [-0.15, -0.1) is 0 Å². The zero-order valence-electron chi connectivity index (χ0n) is 17.8. The highest BCUT2D eigenvalue weighted by Crippen LogP contribution is 2.23. The lowest BCUT2D eigenvalue weighted by molar-refractivity contribution is -0.143. The summed E-state index contributed by atoms with van der Waals surface area (Å²) in [5, 5.41) is 0. The monoisotopic (exact) mass is 408 g/mol. The maximum atomic E-state index is 13.1. The average molecular weight is 408 g/mol. The van der Waals surface area contributed by atoms with Gasteiger partial charge in [-0.2, -0.15) is 0 Å². The minimum atomic E-state index is -0.199. The zero-order chi connectivity index (χ0) is 21.5. The minimum Gasteiger partial charge on any atom is -0.490 e. The van der Waals surface area contributed by atoms with Gasteiger partial charge in [0.25, 0.3) is 0 Å². The van der Waals surface area contributed by atoms with E-state index in [1.165, 1.54) is 0 Å². The van der Waals surface area contributed by atoms with Crippen LogP contribution in [0.5, 0.6) is 5.75 Å². The normalized spacial score (nSPS) is 10.9. The number of carbonyl (C=O) groups is 2. The predicted molar refractivity (Wildman–Crippen MR) is 115 cm³/mol. The molecule has 0 unspecified atom stereocenters. The molecule has 3 rings (SSSR count). The van der Waals surface area contributed by atoms with E-state index in [1.54, 1.807) is 6.92 Å². The molecule has 0 bridgehead atoms. The predicted octanol–water partition coefficient (Wildman–Crippen LogP) is 4.35. The first-order chi connectivity index (χ1) is 14.5. The Hall–Kier alpha value is -3.15. The van der Waals surface area contributed by atoms with Crippen molar-refractivity contribution in [2.45, 2.75) is 46.5 Å². The van der Waals surface area contributed by atoms with Gasteiger partial charge >= 0.3 is 5.97 Å². The van der Waals surface area contributed by atoms with Crippen molar-refractivity contribution in [1.82, 2.24) is 9.38 Å². The number of fused-ring (bicyclic) bond motifs is 1. The summed E-state index contributed by atoms with van der Waals surface area (Å²) in [6.07, 6.45) is 3.76. The van der Waals surface area contributed by atoms with E-state index in [9.17, 15) is 9.59 Å². The summed E-state index contributed by atoms with van der Waals surface area (Å²) in [6, 6.07) is 11.7. The van der Waals surface area contributed by atoms with Gasteiger partial charge in [-0.25, -0.2) is 4.98 Å². The first-order valence-electron chi connectivity index (χ1n) is 10.4. The number of ether oxygens (including phenoxy) is 2. The molecule has 2 aromatic heterocycles. The maximum absolute atomic E-state index is 13.1. The molecule has 0 radical (unpaired) electrons. The Bertz CT molecular complexity index is 1040. The summed E-state index contributed by atoms with van der Waals surface area (Å²) in [6.45, 7) is 6.50. The second kappa shape index (κ2) is 10.1. The molecule has 0 atom stereocenters. The lowest BCUT2D eigenvalue weighted by Gasteiger charge is -2.10. The number of carbonyl (C=O) groups excluding carboxylic acids is 2. The Morgan fingerprint density at radius 1 is 0.967 bits per heavy atom. The van der Waals surface area contributed by atoms with E-state index in [1.807, 2.05) is 60.8 Å². The number of nitrogens with zero attached hydrogens (tertiary/aromatic N) is 2. The van der Waals surface area contributed by atoms with E-state index < -0.39 is 0 Å². The van der Waals surface area contributed by atoms with Gasteiger partial charge in [0.15, 0.2) is 17.2 Å². The molecule has 3 aromatic rings. The van der Waals surface area contributed by atoms with Crippen LogP contribution >= 0.6 is 0 Å². The largest absolute Gasteiger partial charge is 0.490 e. The van der Waals surface area contributed by atoms with Crippen molar-refractivity contribution >= 4 is 17.4 Å². The molecule has 0 N–H and O–H groups in total. The van der Waals surface area contributed by atoms with Crippen LogP contribution in [-0.2, 0) is 22.4 Å². The Kier molecular flexibility index (Phi) is 7.22. The first-order valence-corrected chi connectivity index (χ1v) is 10.4. The second-order valence-corrected chi connectivity index (χ2v) is 7.04. The summed E-state index contributed by atoms with van der Waals surface area (Å²) in [5.74, 6) is 0.509. The van der Waals surface area contributed by atoms with Crippen molar-refractivity contribution in [1.29, 1.82) is 0 Å². The fourth-order valence-electron chi connectivity index (χ4n) is 3.64. The highest BCUT2D eigenvalue weighted by atomic mass is 16.5. The van der Waals surface area contributed by atoms with Crippen molar-refractivity contribution in [3.05, 3.63) is 65.1 Å². The molecule has 0 saturated carbocycles. The molecular formula is C24H28N2O4. The number of esters is 1. The van der Waals surface area contributed by atoms with Crippen molar-refractivity contribution in [3.63, 3.8) is 0 Å². The van der Waals surface area contributed by atoms with Gasteiger partial charge in [-0.3, -0.25) is 14.0 Å². The standard InChI is InChI=1S/C24H28N2O4/c1-4-29-21-11-8-16-26-23(17(3)25-24(21)26)20(27)14-12-18-9-6-7-10-19(18)13-15-22(28)30-5-2/h6-11,16H,4-5,12-15H2,1-3H3. The molecular weight excluding hydrogens is 380 g/mol. The molecule has 158 valence electrons. The SMILES string of the molecule is CCOC(=O)CCc1ccccc1CCC(=O)c1c(C)nc2c(OCC)cccn12. The van der Waals surface area contributed by atoms with E-state index >= 15 is 0 Å². The number of benzene rings is 1. The van der Waals surface area contributed by atoms with Gasteiger partial charge in [0.2, 0.25) is 0 Å². The Morgan fingerprint density at radius 2 is 1.67 bits per heavy atom. The van der Waals surface area contributed by atoms with E-state index in [0.29, 0.717) is 61.7 Å². The summed E-state index contributed by atoms with van der Waals surface area (Å²) in [5.41, 5.74) is 4.11. The number of rotatable bonds is 10. The number of aromatic nitrogens is 2. The minimum absolute atomic E-state index is 0.0360. The van der Waals surface area contributed by atoms with Crippen molar-refractivity contribution in [2.75, 3.05) is 13.2 Å². The number of hydrogen-bond donors (Lipinski definition) is 0. The molecule has 6 nitrogen and oxygen atoms in total. The fraction of sp³-hybridized carbons (Fsp3) is 0.375. The summed E-state index contributed by atoms with van der Waals surface area (Å²) < 4.78 is 12.5. The molecule has 0 spiro atoms. The Labute approximate surface area is 176 Å². The molecule has 0 saturated heterocycles. The van der Waals surface area contributed by atoms with Crippen LogP contribution in [0.15, 0.2) is 42.6 Å². The third-order valence-corrected chi connectivity index (χ3v) is 5.00. The summed E-state index contributed by atoms with van der Waals surface area (Å²) >= 11 is 0. The summed E-state index contributed by atoms with van der Waals surface area (Å²) in [4.78, 5) is 29.3. The van der Waals surface area contributed by atoms with Gasteiger partial charge < -0.3 is 9.47 Å². The van der Waals surface area contributed by atoms with Gasteiger partial charge in [-0.1, -0.05) is 24.3 Å². The number of hydrogen-bond acceptors (Lipinski definition) is 5. The third-order valence-electron chi connectivity index (χ3n) is 5.00. The highest BCUT2D eigenvalue weighted by molar-refractivity contribution is 5.96. The molecule has 0 fully saturated rings. The van der Waals surface area contributed by atoms with Crippen molar-refractivity contribution in [2.24, 2.45) is 0 Å². The lowest BCUT2D eigenvalue weighted by atomic mass is 9.97. The molecule has 0 aliphatic rings. The maximum Gasteiger partial charge on any atom is 0.306 e. The molecule has 2 heterocycles. The van der Waals surface area contributed by atoms with Crippen LogP contribution in [0.4, 0.5) is 0 Å². The quantitative estimate of drug-likeness (QED) is 0.368. The third kappa shape index (κ3) is 4.87. The van der Waals surface area contributed by atoms with E-state index in [-0.39, 0.29) is 11.8 Å².